The monoisotopic (exact) mass is 340 g/mol. The molecule has 2 heterocycles. The quantitative estimate of drug-likeness (QED) is 0.899. The van der Waals surface area contributed by atoms with Crippen LogP contribution in [-0.4, -0.2) is 29.6 Å². The van der Waals surface area contributed by atoms with Gasteiger partial charge in [-0.15, -0.1) is 0 Å². The van der Waals surface area contributed by atoms with Crippen LogP contribution in [0.3, 0.4) is 0 Å². The van der Waals surface area contributed by atoms with Crippen LogP contribution in [-0.2, 0) is 6.54 Å². The molecule has 4 heteroatoms. The van der Waals surface area contributed by atoms with Gasteiger partial charge in [0.15, 0.2) is 0 Å². The van der Waals surface area contributed by atoms with Gasteiger partial charge in [-0.1, -0.05) is 22.9 Å². The van der Waals surface area contributed by atoms with Gasteiger partial charge in [0.1, 0.15) is 5.82 Å². The van der Waals surface area contributed by atoms with Crippen LogP contribution in [0.5, 0.6) is 0 Å². The third kappa shape index (κ3) is 3.07. The zero-order valence-corrected chi connectivity index (χ0v) is 13.5. The second kappa shape index (κ2) is 6.12. The van der Waals surface area contributed by atoms with Gasteiger partial charge in [-0.05, 0) is 50.4 Å². The molecule has 0 aliphatic carbocycles. The van der Waals surface area contributed by atoms with E-state index in [1.807, 2.05) is 6.07 Å². The lowest BCUT2D eigenvalue weighted by molar-refractivity contribution is 0.139. The Kier molecular flexibility index (Phi) is 4.43. The minimum atomic E-state index is -0.0939. The van der Waals surface area contributed by atoms with Gasteiger partial charge in [0, 0.05) is 34.7 Å². The summed E-state index contributed by atoms with van der Waals surface area (Å²) in [6.45, 7) is 3.88. The van der Waals surface area contributed by atoms with Crippen LogP contribution in [0.4, 0.5) is 4.39 Å². The third-order valence-electron chi connectivity index (χ3n) is 4.75. The standard InChI is InChI=1S/C16H22BrFN2/c1-2-20(10-11-7-12(17)3-6-16(11)18)15-8-13-4-5-14(9-15)19-13/h3,6-7,13-15,19H,2,4-5,8-10H2,1H3. The zero-order valence-electron chi connectivity index (χ0n) is 11.9. The molecule has 0 aromatic heterocycles. The maximum Gasteiger partial charge on any atom is 0.127 e. The first kappa shape index (κ1) is 14.5. The molecule has 0 radical (unpaired) electrons. The van der Waals surface area contributed by atoms with Crippen molar-refractivity contribution in [2.75, 3.05) is 6.54 Å². The van der Waals surface area contributed by atoms with Gasteiger partial charge < -0.3 is 5.32 Å². The Morgan fingerprint density at radius 3 is 2.65 bits per heavy atom. The molecule has 1 aromatic carbocycles. The van der Waals surface area contributed by atoms with Gasteiger partial charge in [0.05, 0.1) is 0 Å². The van der Waals surface area contributed by atoms with Crippen LogP contribution in [0.1, 0.15) is 38.2 Å². The van der Waals surface area contributed by atoms with Crippen molar-refractivity contribution in [1.82, 2.24) is 10.2 Å². The summed E-state index contributed by atoms with van der Waals surface area (Å²) in [5, 5.41) is 3.68. The molecule has 2 aliphatic rings. The average molecular weight is 341 g/mol. The SMILES string of the molecule is CCN(Cc1cc(Br)ccc1F)C1CC2CCC(C1)N2. The van der Waals surface area contributed by atoms with Crippen molar-refractivity contribution in [3.8, 4) is 0 Å². The van der Waals surface area contributed by atoms with Crippen molar-refractivity contribution in [3.05, 3.63) is 34.1 Å². The Morgan fingerprint density at radius 1 is 1.30 bits per heavy atom. The highest BCUT2D eigenvalue weighted by Gasteiger charge is 2.35. The molecule has 2 aliphatic heterocycles. The van der Waals surface area contributed by atoms with Crippen molar-refractivity contribution in [3.63, 3.8) is 0 Å². The normalized spacial score (nSPS) is 29.1. The fourth-order valence-corrected chi connectivity index (χ4v) is 4.12. The van der Waals surface area contributed by atoms with Crippen LogP contribution in [0.15, 0.2) is 22.7 Å². The van der Waals surface area contributed by atoms with Crippen molar-refractivity contribution < 1.29 is 4.39 Å². The molecule has 0 saturated carbocycles. The largest absolute Gasteiger partial charge is 0.311 e. The number of fused-ring (bicyclic) bond motifs is 2. The summed E-state index contributed by atoms with van der Waals surface area (Å²) < 4.78 is 14.9. The molecule has 1 N–H and O–H groups in total. The molecule has 20 heavy (non-hydrogen) atoms. The van der Waals surface area contributed by atoms with E-state index in [2.05, 4.69) is 33.1 Å². The summed E-state index contributed by atoms with van der Waals surface area (Å²) in [6.07, 6.45) is 5.04. The number of nitrogens with zero attached hydrogens (tertiary/aromatic N) is 1. The van der Waals surface area contributed by atoms with E-state index < -0.39 is 0 Å². The van der Waals surface area contributed by atoms with Gasteiger partial charge in [0.2, 0.25) is 0 Å². The molecule has 3 rings (SSSR count). The molecule has 0 amide bonds. The van der Waals surface area contributed by atoms with Gasteiger partial charge in [-0.25, -0.2) is 4.39 Å². The Labute approximate surface area is 128 Å². The fourth-order valence-electron chi connectivity index (χ4n) is 3.71. The molecule has 2 fully saturated rings. The first-order valence-corrected chi connectivity index (χ1v) is 8.39. The van der Waals surface area contributed by atoms with E-state index in [-0.39, 0.29) is 5.82 Å². The molecular formula is C16H22BrFN2. The maximum absolute atomic E-state index is 13.9. The summed E-state index contributed by atoms with van der Waals surface area (Å²) >= 11 is 3.44. The molecule has 2 nitrogen and oxygen atoms in total. The lowest BCUT2D eigenvalue weighted by atomic mass is 9.97. The Bertz CT molecular complexity index is 468. The lowest BCUT2D eigenvalue weighted by Gasteiger charge is -2.37. The third-order valence-corrected chi connectivity index (χ3v) is 5.25. The van der Waals surface area contributed by atoms with Crippen LogP contribution >= 0.6 is 15.9 Å². The van der Waals surface area contributed by atoms with E-state index in [9.17, 15) is 4.39 Å². The summed E-state index contributed by atoms with van der Waals surface area (Å²) in [5.41, 5.74) is 0.798. The predicted molar refractivity (Wildman–Crippen MR) is 83.2 cm³/mol. The fraction of sp³-hybridized carbons (Fsp3) is 0.625. The van der Waals surface area contributed by atoms with E-state index in [1.54, 1.807) is 12.1 Å². The smallest absolute Gasteiger partial charge is 0.127 e. The molecule has 110 valence electrons. The first-order valence-electron chi connectivity index (χ1n) is 7.59. The number of hydrogen-bond donors (Lipinski definition) is 1. The first-order chi connectivity index (χ1) is 9.65. The van der Waals surface area contributed by atoms with Gasteiger partial charge in [-0.2, -0.15) is 0 Å². The Morgan fingerprint density at radius 2 is 2.00 bits per heavy atom. The number of halogens is 2. The van der Waals surface area contributed by atoms with Crippen molar-refractivity contribution in [2.24, 2.45) is 0 Å². The number of benzene rings is 1. The molecule has 2 atom stereocenters. The molecule has 2 unspecified atom stereocenters. The second-order valence-electron chi connectivity index (χ2n) is 6.06. The molecule has 0 spiro atoms. The van der Waals surface area contributed by atoms with Crippen LogP contribution in [0.25, 0.3) is 0 Å². The van der Waals surface area contributed by atoms with Gasteiger partial charge >= 0.3 is 0 Å². The average Bonchev–Trinajstić information content (AvgIpc) is 2.78. The van der Waals surface area contributed by atoms with Crippen molar-refractivity contribution >= 4 is 15.9 Å². The van der Waals surface area contributed by atoms with Crippen molar-refractivity contribution in [1.29, 1.82) is 0 Å². The molecule has 2 bridgehead atoms. The van der Waals surface area contributed by atoms with Crippen molar-refractivity contribution in [2.45, 2.75) is 57.3 Å². The van der Waals surface area contributed by atoms with E-state index in [4.69, 9.17) is 0 Å². The van der Waals surface area contributed by atoms with Crippen LogP contribution in [0.2, 0.25) is 0 Å². The van der Waals surface area contributed by atoms with E-state index in [0.29, 0.717) is 24.7 Å². The summed E-state index contributed by atoms with van der Waals surface area (Å²) in [5.74, 6) is -0.0939. The summed E-state index contributed by atoms with van der Waals surface area (Å²) in [6, 6.07) is 7.19. The van der Waals surface area contributed by atoms with E-state index in [1.165, 1.54) is 25.7 Å². The summed E-state index contributed by atoms with van der Waals surface area (Å²) in [4.78, 5) is 2.44. The predicted octanol–water partition coefficient (Wildman–Crippen LogP) is 3.69. The second-order valence-corrected chi connectivity index (χ2v) is 6.98. The molecular weight excluding hydrogens is 319 g/mol. The van der Waals surface area contributed by atoms with E-state index >= 15 is 0 Å². The minimum Gasteiger partial charge on any atom is -0.311 e. The van der Waals surface area contributed by atoms with E-state index in [0.717, 1.165) is 16.6 Å². The highest BCUT2D eigenvalue weighted by molar-refractivity contribution is 9.10. The molecule has 1 aromatic rings. The number of hydrogen-bond acceptors (Lipinski definition) is 2. The number of rotatable bonds is 4. The zero-order chi connectivity index (χ0) is 14.1. The highest BCUT2D eigenvalue weighted by Crippen LogP contribution is 2.30. The Hall–Kier alpha value is -0.450. The van der Waals surface area contributed by atoms with Crippen LogP contribution < -0.4 is 5.32 Å². The Balaban J connectivity index is 1.72. The highest BCUT2D eigenvalue weighted by atomic mass is 79.9. The minimum absolute atomic E-state index is 0.0939. The topological polar surface area (TPSA) is 15.3 Å². The van der Waals surface area contributed by atoms with Gasteiger partial charge in [0.25, 0.3) is 0 Å². The number of piperidine rings is 1. The molecule has 2 saturated heterocycles. The van der Waals surface area contributed by atoms with Crippen LogP contribution in [0, 0.1) is 5.82 Å². The summed E-state index contributed by atoms with van der Waals surface area (Å²) in [7, 11) is 0. The lowest BCUT2D eigenvalue weighted by Crippen LogP contribution is -2.48. The maximum atomic E-state index is 13.9. The van der Waals surface area contributed by atoms with Gasteiger partial charge in [-0.3, -0.25) is 4.90 Å². The number of nitrogens with one attached hydrogen (secondary N) is 1.